The highest BCUT2D eigenvalue weighted by Gasteiger charge is 2.19. The maximum absolute atomic E-state index is 3.51. The van der Waals surface area contributed by atoms with Crippen LogP contribution in [0.25, 0.3) is 0 Å². The predicted molar refractivity (Wildman–Crippen MR) is 67.4 cm³/mol. The molecule has 15 heavy (non-hydrogen) atoms. The fourth-order valence-corrected chi connectivity index (χ4v) is 2.28. The molecule has 0 unspecified atom stereocenters. The number of nitrogens with one attached hydrogen (secondary N) is 1. The molecular formula is C13H19NS. The van der Waals surface area contributed by atoms with Gasteiger partial charge in [0.2, 0.25) is 0 Å². The van der Waals surface area contributed by atoms with Crippen molar-refractivity contribution in [2.24, 2.45) is 0 Å². The van der Waals surface area contributed by atoms with Crippen LogP contribution in [0.15, 0.2) is 29.0 Å². The Morgan fingerprint density at radius 2 is 2.20 bits per heavy atom. The number of aryl methyl sites for hydroxylation is 1. The Labute approximate surface area is 96.2 Å². The Hall–Kier alpha value is -0.600. The first-order valence-corrected chi connectivity index (χ1v) is 6.79. The summed E-state index contributed by atoms with van der Waals surface area (Å²) in [5, 5.41) is 7.90. The lowest BCUT2D eigenvalue weighted by Gasteiger charge is -1.97. The minimum atomic E-state index is 0.851. The van der Waals surface area contributed by atoms with Gasteiger partial charge >= 0.3 is 0 Å². The van der Waals surface area contributed by atoms with Crippen molar-refractivity contribution in [1.82, 2.24) is 5.32 Å². The average Bonchev–Trinajstić information content (AvgIpc) is 2.92. The van der Waals surface area contributed by atoms with Gasteiger partial charge in [0.25, 0.3) is 0 Å². The van der Waals surface area contributed by atoms with E-state index in [1.165, 1.54) is 37.7 Å². The molecule has 1 heterocycles. The van der Waals surface area contributed by atoms with E-state index in [4.69, 9.17) is 0 Å². The molecule has 1 N–H and O–H groups in total. The lowest BCUT2D eigenvalue weighted by atomic mass is 10.2. The van der Waals surface area contributed by atoms with Crippen LogP contribution < -0.4 is 5.32 Å². The molecule has 2 rings (SSSR count). The van der Waals surface area contributed by atoms with E-state index < -0.39 is 0 Å². The van der Waals surface area contributed by atoms with E-state index in [-0.39, 0.29) is 0 Å². The molecule has 1 aromatic rings. The van der Waals surface area contributed by atoms with Gasteiger partial charge in [0.15, 0.2) is 0 Å². The molecule has 0 bridgehead atoms. The molecule has 1 saturated carbocycles. The molecule has 0 aliphatic heterocycles. The Kier molecular flexibility index (Phi) is 4.42. The van der Waals surface area contributed by atoms with Crippen molar-refractivity contribution < 1.29 is 0 Å². The topological polar surface area (TPSA) is 12.0 Å². The molecule has 1 nitrogen and oxygen atoms in total. The van der Waals surface area contributed by atoms with Gasteiger partial charge in [-0.1, -0.05) is 12.2 Å². The van der Waals surface area contributed by atoms with Crippen molar-refractivity contribution in [3.63, 3.8) is 0 Å². The van der Waals surface area contributed by atoms with E-state index in [1.54, 1.807) is 11.3 Å². The first kappa shape index (κ1) is 10.9. The van der Waals surface area contributed by atoms with Crippen LogP contribution in [0.3, 0.4) is 0 Å². The van der Waals surface area contributed by atoms with Crippen molar-refractivity contribution in [3.8, 4) is 0 Å². The minimum Gasteiger partial charge on any atom is -0.314 e. The fourth-order valence-electron chi connectivity index (χ4n) is 1.58. The Bertz CT molecular complexity index is 285. The first-order valence-electron chi connectivity index (χ1n) is 5.84. The van der Waals surface area contributed by atoms with Gasteiger partial charge in [-0.2, -0.15) is 11.3 Å². The highest BCUT2D eigenvalue weighted by atomic mass is 32.1. The summed E-state index contributed by atoms with van der Waals surface area (Å²) >= 11 is 1.79. The second-order valence-electron chi connectivity index (χ2n) is 4.16. The zero-order chi connectivity index (χ0) is 10.3. The lowest BCUT2D eigenvalue weighted by molar-refractivity contribution is 0.689. The third-order valence-electron chi connectivity index (χ3n) is 2.67. The van der Waals surface area contributed by atoms with E-state index in [0.29, 0.717) is 0 Å². The van der Waals surface area contributed by atoms with Crippen LogP contribution in [0.1, 0.15) is 31.2 Å². The number of rotatable bonds is 7. The molecule has 1 fully saturated rings. The van der Waals surface area contributed by atoms with Gasteiger partial charge in [0.05, 0.1) is 0 Å². The molecule has 1 aliphatic rings. The largest absolute Gasteiger partial charge is 0.314 e. The lowest BCUT2D eigenvalue weighted by Crippen LogP contribution is -2.16. The number of hydrogen-bond donors (Lipinski definition) is 1. The maximum atomic E-state index is 3.51. The second kappa shape index (κ2) is 6.09. The fraction of sp³-hybridized carbons (Fsp3) is 0.538. The van der Waals surface area contributed by atoms with E-state index in [9.17, 15) is 0 Å². The molecule has 0 atom stereocenters. The molecule has 0 amide bonds. The average molecular weight is 221 g/mol. The highest BCUT2D eigenvalue weighted by Crippen LogP contribution is 2.18. The quantitative estimate of drug-likeness (QED) is 0.550. The van der Waals surface area contributed by atoms with Crippen LogP contribution in [-0.2, 0) is 6.42 Å². The molecule has 1 aliphatic carbocycles. The van der Waals surface area contributed by atoms with Crippen LogP contribution in [0.5, 0.6) is 0 Å². The standard InChI is InChI=1S/C13H19NS/c1(2-4-9-14-13-6-7-13)3-5-12-8-10-15-11-12/h1-2,8,10-11,13-14H,3-7,9H2. The second-order valence-corrected chi connectivity index (χ2v) is 4.94. The molecule has 1 aromatic heterocycles. The normalized spacial score (nSPS) is 16.3. The number of hydrogen-bond acceptors (Lipinski definition) is 2. The summed E-state index contributed by atoms with van der Waals surface area (Å²) in [6.45, 7) is 1.15. The highest BCUT2D eigenvalue weighted by molar-refractivity contribution is 7.07. The molecule has 2 heteroatoms. The van der Waals surface area contributed by atoms with Gasteiger partial charge in [-0.05, 0) is 61.0 Å². The number of thiophene rings is 1. The van der Waals surface area contributed by atoms with Crippen LogP contribution in [0.4, 0.5) is 0 Å². The summed E-state index contributed by atoms with van der Waals surface area (Å²) in [7, 11) is 0. The zero-order valence-electron chi connectivity index (χ0n) is 9.11. The van der Waals surface area contributed by atoms with Gasteiger partial charge in [-0.3, -0.25) is 0 Å². The van der Waals surface area contributed by atoms with Gasteiger partial charge in [-0.25, -0.2) is 0 Å². The summed E-state index contributed by atoms with van der Waals surface area (Å²) in [6, 6.07) is 3.07. The van der Waals surface area contributed by atoms with Crippen LogP contribution in [0.2, 0.25) is 0 Å². The Morgan fingerprint density at radius 3 is 2.93 bits per heavy atom. The van der Waals surface area contributed by atoms with Crippen molar-refractivity contribution >= 4 is 11.3 Å². The number of allylic oxidation sites excluding steroid dienone is 1. The smallest absolute Gasteiger partial charge is 0.00683 e. The van der Waals surface area contributed by atoms with Gasteiger partial charge in [0, 0.05) is 6.04 Å². The zero-order valence-corrected chi connectivity index (χ0v) is 9.93. The maximum Gasteiger partial charge on any atom is 0.00683 e. The van der Waals surface area contributed by atoms with E-state index in [1.807, 2.05) is 0 Å². The summed E-state index contributed by atoms with van der Waals surface area (Å²) in [6.07, 6.45) is 11.0. The third kappa shape index (κ3) is 4.63. The SMILES string of the molecule is C(=CCCc1ccsc1)CCNC1CC1. The van der Waals surface area contributed by atoms with E-state index in [0.717, 1.165) is 12.6 Å². The first-order chi connectivity index (χ1) is 7.45. The Morgan fingerprint density at radius 1 is 1.33 bits per heavy atom. The molecular weight excluding hydrogens is 202 g/mol. The molecule has 0 radical (unpaired) electrons. The predicted octanol–water partition coefficient (Wildman–Crippen LogP) is 3.38. The van der Waals surface area contributed by atoms with Crippen molar-refractivity contribution in [1.29, 1.82) is 0 Å². The van der Waals surface area contributed by atoms with E-state index >= 15 is 0 Å². The molecule has 0 aromatic carbocycles. The van der Waals surface area contributed by atoms with Crippen molar-refractivity contribution in [2.45, 2.75) is 38.1 Å². The van der Waals surface area contributed by atoms with Gasteiger partial charge < -0.3 is 5.32 Å². The monoisotopic (exact) mass is 221 g/mol. The summed E-state index contributed by atoms with van der Waals surface area (Å²) in [4.78, 5) is 0. The molecule has 0 saturated heterocycles. The van der Waals surface area contributed by atoms with Crippen LogP contribution in [-0.4, -0.2) is 12.6 Å². The van der Waals surface area contributed by atoms with E-state index in [2.05, 4.69) is 34.3 Å². The summed E-state index contributed by atoms with van der Waals surface area (Å²) in [5.41, 5.74) is 1.47. The third-order valence-corrected chi connectivity index (χ3v) is 3.40. The minimum absolute atomic E-state index is 0.851. The van der Waals surface area contributed by atoms with Crippen molar-refractivity contribution in [2.75, 3.05) is 6.54 Å². The van der Waals surface area contributed by atoms with Gasteiger partial charge in [0.1, 0.15) is 0 Å². The Balaban J connectivity index is 1.47. The molecule has 82 valence electrons. The van der Waals surface area contributed by atoms with Crippen LogP contribution in [0, 0.1) is 0 Å². The molecule has 0 spiro atoms. The van der Waals surface area contributed by atoms with Crippen molar-refractivity contribution in [3.05, 3.63) is 34.5 Å². The summed E-state index contributed by atoms with van der Waals surface area (Å²) in [5.74, 6) is 0. The van der Waals surface area contributed by atoms with Crippen LogP contribution >= 0.6 is 11.3 Å². The summed E-state index contributed by atoms with van der Waals surface area (Å²) < 4.78 is 0. The van der Waals surface area contributed by atoms with Gasteiger partial charge in [-0.15, -0.1) is 0 Å².